The van der Waals surface area contributed by atoms with Gasteiger partial charge in [-0.15, -0.1) is 16.9 Å². The van der Waals surface area contributed by atoms with Crippen LogP contribution >= 0.6 is 27.7 Å². The molecule has 3 aromatic rings. The predicted molar refractivity (Wildman–Crippen MR) is 105 cm³/mol. The van der Waals surface area contributed by atoms with E-state index in [-0.39, 0.29) is 5.91 Å². The van der Waals surface area contributed by atoms with Crippen molar-refractivity contribution < 1.29 is 4.79 Å². The van der Waals surface area contributed by atoms with Crippen LogP contribution in [0.2, 0.25) is 0 Å². The van der Waals surface area contributed by atoms with E-state index in [1.807, 2.05) is 53.2 Å². The van der Waals surface area contributed by atoms with Gasteiger partial charge in [-0.3, -0.25) is 4.79 Å². The maximum absolute atomic E-state index is 12.2. The van der Waals surface area contributed by atoms with Gasteiger partial charge in [-0.2, -0.15) is 0 Å². The minimum Gasteiger partial charge on any atom is -0.325 e. The van der Waals surface area contributed by atoms with E-state index in [1.54, 1.807) is 0 Å². The monoisotopic (exact) mass is 429 g/mol. The van der Waals surface area contributed by atoms with Crippen LogP contribution < -0.4 is 5.32 Å². The van der Waals surface area contributed by atoms with Crippen LogP contribution in [0.1, 0.15) is 18.9 Å². The fourth-order valence-electron chi connectivity index (χ4n) is 2.56. The highest BCUT2D eigenvalue weighted by atomic mass is 79.9. The molecule has 0 unspecified atom stereocenters. The summed E-state index contributed by atoms with van der Waals surface area (Å²) >= 11 is 4.91. The Labute approximate surface area is 163 Å². The van der Waals surface area contributed by atoms with Gasteiger partial charge in [0.25, 0.3) is 0 Å². The zero-order chi connectivity index (χ0) is 17.9. The summed E-state index contributed by atoms with van der Waals surface area (Å²) in [6.45, 7) is 0. The lowest BCUT2D eigenvalue weighted by atomic mass is 10.2. The van der Waals surface area contributed by atoms with Crippen molar-refractivity contribution in [2.75, 3.05) is 11.1 Å². The Balaban J connectivity index is 1.41. The Hall–Kier alpha value is -2.19. The molecule has 1 fully saturated rings. The highest BCUT2D eigenvalue weighted by Crippen LogP contribution is 2.36. The summed E-state index contributed by atoms with van der Waals surface area (Å²) in [7, 11) is 0. The predicted octanol–water partition coefficient (Wildman–Crippen LogP) is 4.17. The number of carbonyl (C=O) groups excluding carboxylic acids is 1. The highest BCUT2D eigenvalue weighted by Gasteiger charge is 2.28. The van der Waals surface area contributed by atoms with Gasteiger partial charge in [-0.25, -0.2) is 4.68 Å². The van der Waals surface area contributed by atoms with Crippen molar-refractivity contribution >= 4 is 39.3 Å². The molecule has 26 heavy (non-hydrogen) atoms. The van der Waals surface area contributed by atoms with E-state index in [2.05, 4.69) is 36.8 Å². The number of carbonyl (C=O) groups is 1. The summed E-state index contributed by atoms with van der Waals surface area (Å²) in [6.07, 6.45) is 2.23. The molecule has 0 spiro atoms. The Morgan fingerprint density at radius 1 is 1.23 bits per heavy atom. The first-order valence-electron chi connectivity index (χ1n) is 8.25. The molecule has 4 rings (SSSR count). The summed E-state index contributed by atoms with van der Waals surface area (Å²) in [5, 5.41) is 14.9. The van der Waals surface area contributed by atoms with Crippen molar-refractivity contribution in [3.05, 3.63) is 53.0 Å². The first-order valence-corrected chi connectivity index (χ1v) is 10.0. The van der Waals surface area contributed by atoms with Crippen LogP contribution in [-0.4, -0.2) is 31.9 Å². The lowest BCUT2D eigenvalue weighted by molar-refractivity contribution is -0.113. The molecule has 1 amide bonds. The van der Waals surface area contributed by atoms with E-state index >= 15 is 0 Å². The number of aromatic nitrogens is 4. The molecular formula is C18H16BrN5OS. The quantitative estimate of drug-likeness (QED) is 0.595. The molecule has 1 saturated carbocycles. The fraction of sp³-hybridized carbons (Fsp3) is 0.222. The molecule has 0 bridgehead atoms. The molecule has 0 aliphatic heterocycles. The van der Waals surface area contributed by atoms with E-state index in [0.29, 0.717) is 11.8 Å². The minimum absolute atomic E-state index is 0.0446. The third-order valence-corrected chi connectivity index (χ3v) is 5.51. The molecule has 1 aromatic heterocycles. The number of anilines is 1. The second-order valence-electron chi connectivity index (χ2n) is 6.05. The van der Waals surface area contributed by atoms with Gasteiger partial charge in [0.15, 0.2) is 5.82 Å². The Morgan fingerprint density at radius 3 is 2.81 bits per heavy atom. The summed E-state index contributed by atoms with van der Waals surface area (Å²) in [6, 6.07) is 15.9. The molecule has 0 radical (unpaired) electrons. The number of thioether (sulfide) groups is 1. The average Bonchev–Trinajstić information content (AvgIpc) is 3.38. The van der Waals surface area contributed by atoms with Crippen molar-refractivity contribution in [2.24, 2.45) is 0 Å². The van der Waals surface area contributed by atoms with E-state index in [1.165, 1.54) is 11.8 Å². The second kappa shape index (κ2) is 7.59. The van der Waals surface area contributed by atoms with Crippen LogP contribution in [0.15, 0.2) is 57.9 Å². The fourth-order valence-corrected chi connectivity index (χ4v) is 3.52. The minimum atomic E-state index is -0.0446. The van der Waals surface area contributed by atoms with Gasteiger partial charge in [0.1, 0.15) is 0 Å². The maximum Gasteiger partial charge on any atom is 0.234 e. The van der Waals surface area contributed by atoms with E-state index in [0.717, 1.165) is 39.3 Å². The highest BCUT2D eigenvalue weighted by molar-refractivity contribution is 9.10. The van der Waals surface area contributed by atoms with E-state index in [9.17, 15) is 4.79 Å². The molecule has 0 saturated heterocycles. The molecule has 8 heteroatoms. The molecule has 0 atom stereocenters. The van der Waals surface area contributed by atoms with Gasteiger partial charge in [0, 0.05) is 20.6 Å². The Morgan fingerprint density at radius 2 is 2.04 bits per heavy atom. The van der Waals surface area contributed by atoms with Crippen LogP contribution in [-0.2, 0) is 4.79 Å². The SMILES string of the molecule is O=C(CSc1ccc(Br)cc1)Nc1cccc(-c2nnnn2C2CC2)c1. The molecule has 1 N–H and O–H groups in total. The Kier molecular flexibility index (Phi) is 5.03. The molecule has 6 nitrogen and oxygen atoms in total. The van der Waals surface area contributed by atoms with E-state index in [4.69, 9.17) is 0 Å². The van der Waals surface area contributed by atoms with Gasteiger partial charge in [-0.05, 0) is 59.7 Å². The summed E-state index contributed by atoms with van der Waals surface area (Å²) in [5.41, 5.74) is 1.65. The average molecular weight is 430 g/mol. The van der Waals surface area contributed by atoms with Crippen LogP contribution in [0.25, 0.3) is 11.4 Å². The van der Waals surface area contributed by atoms with Crippen molar-refractivity contribution in [2.45, 2.75) is 23.8 Å². The van der Waals surface area contributed by atoms with Crippen LogP contribution in [0.4, 0.5) is 5.69 Å². The topological polar surface area (TPSA) is 72.7 Å². The standard InChI is InChI=1S/C18H16BrN5OS/c19-13-4-8-16(9-5-13)26-11-17(25)20-14-3-1-2-12(10-14)18-21-22-23-24(18)15-6-7-15/h1-5,8-10,15H,6-7,11H2,(H,20,25). The molecule has 2 aromatic carbocycles. The molecule has 1 aliphatic carbocycles. The number of rotatable bonds is 6. The number of nitrogens with one attached hydrogen (secondary N) is 1. The number of hydrogen-bond acceptors (Lipinski definition) is 5. The normalized spacial score (nSPS) is 13.6. The number of tetrazole rings is 1. The summed E-state index contributed by atoms with van der Waals surface area (Å²) < 4.78 is 2.89. The van der Waals surface area contributed by atoms with E-state index < -0.39 is 0 Å². The first kappa shape index (κ1) is 17.2. The summed E-state index contributed by atoms with van der Waals surface area (Å²) in [4.78, 5) is 13.3. The zero-order valence-electron chi connectivity index (χ0n) is 13.8. The smallest absolute Gasteiger partial charge is 0.234 e. The van der Waals surface area contributed by atoms with Crippen molar-refractivity contribution in [3.8, 4) is 11.4 Å². The van der Waals surface area contributed by atoms with Crippen molar-refractivity contribution in [1.82, 2.24) is 20.2 Å². The van der Waals surface area contributed by atoms with Gasteiger partial charge in [0.05, 0.1) is 11.8 Å². The first-order chi connectivity index (χ1) is 12.7. The second-order valence-corrected chi connectivity index (χ2v) is 8.01. The van der Waals surface area contributed by atoms with Crippen molar-refractivity contribution in [3.63, 3.8) is 0 Å². The third-order valence-electron chi connectivity index (χ3n) is 3.97. The number of nitrogens with zero attached hydrogens (tertiary/aromatic N) is 4. The maximum atomic E-state index is 12.2. The summed E-state index contributed by atoms with van der Waals surface area (Å²) in [5.74, 6) is 1.05. The lowest BCUT2D eigenvalue weighted by Gasteiger charge is -2.08. The Bertz CT molecular complexity index is 923. The zero-order valence-corrected chi connectivity index (χ0v) is 16.2. The van der Waals surface area contributed by atoms with Crippen molar-refractivity contribution in [1.29, 1.82) is 0 Å². The third kappa shape index (κ3) is 4.13. The number of halogens is 1. The number of amides is 1. The molecule has 1 heterocycles. The molecule has 132 valence electrons. The molecule has 1 aliphatic rings. The molecular weight excluding hydrogens is 414 g/mol. The lowest BCUT2D eigenvalue weighted by Crippen LogP contribution is -2.14. The van der Waals surface area contributed by atoms with Crippen LogP contribution in [0.5, 0.6) is 0 Å². The number of benzene rings is 2. The van der Waals surface area contributed by atoms with Gasteiger partial charge >= 0.3 is 0 Å². The largest absolute Gasteiger partial charge is 0.325 e. The van der Waals surface area contributed by atoms with Crippen LogP contribution in [0.3, 0.4) is 0 Å². The van der Waals surface area contributed by atoms with Gasteiger partial charge < -0.3 is 5.32 Å². The van der Waals surface area contributed by atoms with Gasteiger partial charge in [0.2, 0.25) is 5.91 Å². The van der Waals surface area contributed by atoms with Gasteiger partial charge in [-0.1, -0.05) is 28.1 Å². The van der Waals surface area contributed by atoms with Crippen LogP contribution in [0, 0.1) is 0 Å². The number of hydrogen-bond donors (Lipinski definition) is 1.